The van der Waals surface area contributed by atoms with Gasteiger partial charge in [-0.15, -0.1) is 0 Å². The van der Waals surface area contributed by atoms with Crippen molar-refractivity contribution in [1.29, 1.82) is 0 Å². The lowest BCUT2D eigenvalue weighted by atomic mass is 10.1. The molecule has 2 heterocycles. The van der Waals surface area contributed by atoms with Gasteiger partial charge in [0.2, 0.25) is 0 Å². The minimum Gasteiger partial charge on any atom is -0.399 e. The summed E-state index contributed by atoms with van der Waals surface area (Å²) >= 11 is 0. The predicted molar refractivity (Wildman–Crippen MR) is 80.8 cm³/mol. The lowest BCUT2D eigenvalue weighted by Gasteiger charge is -2.33. The summed E-state index contributed by atoms with van der Waals surface area (Å²) in [6, 6.07) is 5.77. The second-order valence-electron chi connectivity index (χ2n) is 5.14. The van der Waals surface area contributed by atoms with Gasteiger partial charge in [0, 0.05) is 30.8 Å². The zero-order valence-corrected chi connectivity index (χ0v) is 11.7. The molecule has 0 aliphatic carbocycles. The van der Waals surface area contributed by atoms with Crippen molar-refractivity contribution in [2.75, 3.05) is 30.3 Å². The molecular formula is C15H20N4O. The Hall–Kier alpha value is -1.88. The molecule has 106 valence electrons. The number of rotatable bonds is 3. The average molecular weight is 272 g/mol. The summed E-state index contributed by atoms with van der Waals surface area (Å²) < 4.78 is 5.76. The Labute approximate surface area is 118 Å². The van der Waals surface area contributed by atoms with E-state index in [1.807, 2.05) is 25.1 Å². The third-order valence-electron chi connectivity index (χ3n) is 3.72. The molecule has 0 saturated carbocycles. The number of ether oxygens (including phenoxy) is 1. The van der Waals surface area contributed by atoms with E-state index in [0.29, 0.717) is 6.10 Å². The van der Waals surface area contributed by atoms with Crippen molar-refractivity contribution in [3.05, 3.63) is 24.5 Å². The second kappa shape index (κ2) is 5.63. The highest BCUT2D eigenvalue weighted by Gasteiger charge is 2.22. The highest BCUT2D eigenvalue weighted by Crippen LogP contribution is 2.27. The molecule has 1 atom stereocenters. The van der Waals surface area contributed by atoms with E-state index < -0.39 is 0 Å². The molecule has 0 spiro atoms. The van der Waals surface area contributed by atoms with Gasteiger partial charge in [0.05, 0.1) is 11.6 Å². The van der Waals surface area contributed by atoms with Crippen LogP contribution in [0.4, 0.5) is 11.5 Å². The smallest absolute Gasteiger partial charge is 0.140 e. The maximum Gasteiger partial charge on any atom is 0.140 e. The molecule has 1 fully saturated rings. The zero-order chi connectivity index (χ0) is 13.9. The average Bonchev–Trinajstić information content (AvgIpc) is 2.47. The minimum atomic E-state index is 0.292. The van der Waals surface area contributed by atoms with E-state index in [1.54, 1.807) is 6.33 Å². The van der Waals surface area contributed by atoms with Crippen LogP contribution in [-0.2, 0) is 4.74 Å². The quantitative estimate of drug-likeness (QED) is 0.868. The van der Waals surface area contributed by atoms with Crippen LogP contribution in [0.5, 0.6) is 0 Å². The van der Waals surface area contributed by atoms with Crippen LogP contribution in [0.15, 0.2) is 24.5 Å². The molecule has 0 bridgehead atoms. The number of aromatic nitrogens is 2. The van der Waals surface area contributed by atoms with Crippen LogP contribution in [0.1, 0.15) is 19.8 Å². The number of fused-ring (bicyclic) bond motifs is 1. The van der Waals surface area contributed by atoms with E-state index in [1.165, 1.54) is 0 Å². The van der Waals surface area contributed by atoms with Crippen molar-refractivity contribution in [3.63, 3.8) is 0 Å². The first-order valence-corrected chi connectivity index (χ1v) is 7.14. The third-order valence-corrected chi connectivity index (χ3v) is 3.72. The molecule has 1 aromatic heterocycles. The first-order chi connectivity index (χ1) is 9.78. The molecule has 2 N–H and O–H groups in total. The summed E-state index contributed by atoms with van der Waals surface area (Å²) in [5.74, 6) is 0.965. The second-order valence-corrected chi connectivity index (χ2v) is 5.14. The number of hydrogen-bond donors (Lipinski definition) is 1. The first-order valence-electron chi connectivity index (χ1n) is 7.14. The molecule has 1 unspecified atom stereocenters. The van der Waals surface area contributed by atoms with Crippen molar-refractivity contribution < 1.29 is 4.74 Å². The Morgan fingerprint density at radius 2 is 2.30 bits per heavy atom. The van der Waals surface area contributed by atoms with E-state index in [-0.39, 0.29) is 0 Å². The molecule has 3 rings (SSSR count). The molecule has 20 heavy (non-hydrogen) atoms. The van der Waals surface area contributed by atoms with E-state index in [4.69, 9.17) is 10.5 Å². The van der Waals surface area contributed by atoms with Crippen LogP contribution in [0.25, 0.3) is 10.9 Å². The van der Waals surface area contributed by atoms with Gasteiger partial charge in [-0.05, 0) is 38.0 Å². The first kappa shape index (κ1) is 13.1. The van der Waals surface area contributed by atoms with Gasteiger partial charge >= 0.3 is 0 Å². The molecule has 0 radical (unpaired) electrons. The fourth-order valence-corrected chi connectivity index (χ4v) is 2.81. The molecule has 1 aliphatic heterocycles. The van der Waals surface area contributed by atoms with Crippen molar-refractivity contribution in [1.82, 2.24) is 9.97 Å². The topological polar surface area (TPSA) is 64.3 Å². The van der Waals surface area contributed by atoms with Crippen LogP contribution < -0.4 is 10.6 Å². The maximum absolute atomic E-state index is 5.90. The fourth-order valence-electron chi connectivity index (χ4n) is 2.81. The number of anilines is 2. The van der Waals surface area contributed by atoms with E-state index in [9.17, 15) is 0 Å². The van der Waals surface area contributed by atoms with Gasteiger partial charge < -0.3 is 15.4 Å². The highest BCUT2D eigenvalue weighted by atomic mass is 16.5. The Balaban J connectivity index is 1.94. The molecule has 1 saturated heterocycles. The molecule has 2 aromatic rings. The van der Waals surface area contributed by atoms with Gasteiger partial charge in [0.15, 0.2) is 0 Å². The normalized spacial score (nSPS) is 19.4. The van der Waals surface area contributed by atoms with Crippen molar-refractivity contribution in [3.8, 4) is 0 Å². The van der Waals surface area contributed by atoms with Crippen LogP contribution in [0, 0.1) is 0 Å². The van der Waals surface area contributed by atoms with Crippen LogP contribution >= 0.6 is 0 Å². The molecular weight excluding hydrogens is 252 g/mol. The zero-order valence-electron chi connectivity index (χ0n) is 11.7. The van der Waals surface area contributed by atoms with Gasteiger partial charge in [-0.1, -0.05) is 0 Å². The Bertz CT molecular complexity index is 599. The summed E-state index contributed by atoms with van der Waals surface area (Å²) in [5, 5.41) is 1.02. The van der Waals surface area contributed by atoms with Crippen molar-refractivity contribution in [2.45, 2.75) is 25.9 Å². The summed E-state index contributed by atoms with van der Waals surface area (Å²) in [7, 11) is 0. The van der Waals surface area contributed by atoms with E-state index in [0.717, 1.165) is 54.9 Å². The van der Waals surface area contributed by atoms with E-state index in [2.05, 4.69) is 14.9 Å². The summed E-state index contributed by atoms with van der Waals surface area (Å²) in [5.41, 5.74) is 7.57. The van der Waals surface area contributed by atoms with Gasteiger partial charge in [0.25, 0.3) is 0 Å². The maximum atomic E-state index is 5.90. The minimum absolute atomic E-state index is 0.292. The Morgan fingerprint density at radius 3 is 3.15 bits per heavy atom. The van der Waals surface area contributed by atoms with Gasteiger partial charge in [-0.2, -0.15) is 0 Å². The summed E-state index contributed by atoms with van der Waals surface area (Å²) in [6.07, 6.45) is 4.16. The van der Waals surface area contributed by atoms with E-state index >= 15 is 0 Å². The molecule has 0 amide bonds. The van der Waals surface area contributed by atoms with Gasteiger partial charge in [0.1, 0.15) is 12.1 Å². The number of nitrogens with two attached hydrogens (primary N) is 1. The number of piperidine rings is 1. The fraction of sp³-hybridized carbons (Fsp3) is 0.467. The number of nitrogens with zero attached hydrogens (tertiary/aromatic N) is 3. The Kier molecular flexibility index (Phi) is 3.69. The number of nitrogen functional groups attached to an aromatic ring is 1. The largest absolute Gasteiger partial charge is 0.399 e. The van der Waals surface area contributed by atoms with Crippen LogP contribution in [-0.4, -0.2) is 35.8 Å². The summed E-state index contributed by atoms with van der Waals surface area (Å²) in [6.45, 7) is 4.69. The predicted octanol–water partition coefficient (Wildman–Crippen LogP) is 2.22. The van der Waals surface area contributed by atoms with Gasteiger partial charge in [-0.25, -0.2) is 9.97 Å². The number of benzene rings is 1. The molecule has 1 aliphatic rings. The Morgan fingerprint density at radius 1 is 1.40 bits per heavy atom. The number of hydrogen-bond acceptors (Lipinski definition) is 5. The molecule has 5 nitrogen and oxygen atoms in total. The standard InChI is InChI=1S/C15H20N4O/c1-2-20-12-4-3-7-19(9-12)15-13-8-11(16)5-6-14(13)17-10-18-15/h5-6,8,10,12H,2-4,7,9,16H2,1H3. The SMILES string of the molecule is CCOC1CCCN(c2ncnc3ccc(N)cc23)C1. The van der Waals surface area contributed by atoms with Gasteiger partial charge in [-0.3, -0.25) is 0 Å². The van der Waals surface area contributed by atoms with Crippen molar-refractivity contribution >= 4 is 22.4 Å². The lowest BCUT2D eigenvalue weighted by Crippen LogP contribution is -2.40. The monoisotopic (exact) mass is 272 g/mol. The highest BCUT2D eigenvalue weighted by molar-refractivity contribution is 5.91. The lowest BCUT2D eigenvalue weighted by molar-refractivity contribution is 0.0526. The van der Waals surface area contributed by atoms with Crippen LogP contribution in [0.2, 0.25) is 0 Å². The van der Waals surface area contributed by atoms with Crippen LogP contribution in [0.3, 0.4) is 0 Å². The third kappa shape index (κ3) is 2.54. The summed E-state index contributed by atoms with van der Waals surface area (Å²) in [4.78, 5) is 11.1. The molecule has 5 heteroatoms. The van der Waals surface area contributed by atoms with Crippen molar-refractivity contribution in [2.24, 2.45) is 0 Å². The molecule has 1 aromatic carbocycles.